The number of hydrogen-bond acceptors (Lipinski definition) is 3. The summed E-state index contributed by atoms with van der Waals surface area (Å²) in [6.07, 6.45) is 6.80. The third kappa shape index (κ3) is 7.20. The van der Waals surface area contributed by atoms with Crippen LogP contribution in [0.4, 0.5) is 0 Å². The van der Waals surface area contributed by atoms with Crippen molar-refractivity contribution in [2.24, 2.45) is 0 Å². The Labute approximate surface area is 131 Å². The molecular weight excluding hydrogens is 278 g/mol. The molecule has 4 heteroatoms. The Bertz CT molecular complexity index is 388. The molecule has 0 N–H and O–H groups in total. The number of aryl methyl sites for hydroxylation is 1. The second-order valence-corrected chi connectivity index (χ2v) is 11.8. The third-order valence-corrected chi connectivity index (χ3v) is 8.72. The maximum absolute atomic E-state index is 6.12. The summed E-state index contributed by atoms with van der Waals surface area (Å²) in [5.74, 6) is 0. The van der Waals surface area contributed by atoms with E-state index in [1.165, 1.54) is 5.56 Å². The predicted molar refractivity (Wildman–Crippen MR) is 91.1 cm³/mol. The number of aromatic nitrogens is 1. The van der Waals surface area contributed by atoms with Gasteiger partial charge in [-0.15, -0.1) is 0 Å². The molecule has 1 aromatic rings. The Balaban J connectivity index is 2.00. The zero-order valence-corrected chi connectivity index (χ0v) is 15.3. The molecule has 0 aliphatic carbocycles. The van der Waals surface area contributed by atoms with Crippen molar-refractivity contribution in [1.82, 2.24) is 4.98 Å². The molecule has 0 saturated carbocycles. The maximum atomic E-state index is 6.12. The molecule has 0 spiro atoms. The molecule has 0 aromatic carbocycles. The highest BCUT2D eigenvalue weighted by Gasteiger charge is 2.36. The van der Waals surface area contributed by atoms with Crippen LogP contribution in [0.1, 0.15) is 39.2 Å². The SMILES string of the molecule is CC(C)(C)[Si](C)(C)OCCCOCCCc1cccnc1. The number of pyridine rings is 1. The smallest absolute Gasteiger partial charge is 0.191 e. The van der Waals surface area contributed by atoms with Gasteiger partial charge in [-0.2, -0.15) is 0 Å². The van der Waals surface area contributed by atoms with Gasteiger partial charge in [0, 0.05) is 32.2 Å². The van der Waals surface area contributed by atoms with Gasteiger partial charge in [-0.05, 0) is 49.0 Å². The summed E-state index contributed by atoms with van der Waals surface area (Å²) in [4.78, 5) is 4.11. The van der Waals surface area contributed by atoms with E-state index < -0.39 is 8.32 Å². The van der Waals surface area contributed by atoms with E-state index in [0.717, 1.165) is 39.1 Å². The van der Waals surface area contributed by atoms with E-state index in [1.54, 1.807) is 0 Å². The summed E-state index contributed by atoms with van der Waals surface area (Å²) in [5, 5.41) is 0.289. The van der Waals surface area contributed by atoms with Crippen LogP contribution in [0.3, 0.4) is 0 Å². The van der Waals surface area contributed by atoms with Gasteiger partial charge in [0.05, 0.1) is 0 Å². The van der Waals surface area contributed by atoms with Crippen molar-refractivity contribution in [3.8, 4) is 0 Å². The monoisotopic (exact) mass is 309 g/mol. The van der Waals surface area contributed by atoms with Crippen molar-refractivity contribution >= 4 is 8.32 Å². The highest BCUT2D eigenvalue weighted by atomic mass is 28.4. The third-order valence-electron chi connectivity index (χ3n) is 4.18. The summed E-state index contributed by atoms with van der Waals surface area (Å²) in [5.41, 5.74) is 1.28. The first-order chi connectivity index (χ1) is 9.83. The van der Waals surface area contributed by atoms with Gasteiger partial charge in [0.2, 0.25) is 0 Å². The molecule has 0 unspecified atom stereocenters. The molecule has 0 atom stereocenters. The van der Waals surface area contributed by atoms with Crippen molar-refractivity contribution in [3.05, 3.63) is 30.1 Å². The first-order valence-electron chi connectivity index (χ1n) is 7.93. The molecule has 0 aliphatic heterocycles. The van der Waals surface area contributed by atoms with Gasteiger partial charge in [0.15, 0.2) is 8.32 Å². The van der Waals surface area contributed by atoms with Crippen molar-refractivity contribution in [3.63, 3.8) is 0 Å². The van der Waals surface area contributed by atoms with Crippen LogP contribution in [0, 0.1) is 0 Å². The van der Waals surface area contributed by atoms with Crippen LogP contribution in [0.15, 0.2) is 24.5 Å². The number of nitrogens with zero attached hydrogens (tertiary/aromatic N) is 1. The highest BCUT2D eigenvalue weighted by Crippen LogP contribution is 2.36. The first kappa shape index (κ1) is 18.3. The lowest BCUT2D eigenvalue weighted by atomic mass is 10.2. The van der Waals surface area contributed by atoms with Crippen LogP contribution in [-0.4, -0.2) is 33.1 Å². The topological polar surface area (TPSA) is 31.4 Å². The molecule has 0 radical (unpaired) electrons. The molecule has 120 valence electrons. The van der Waals surface area contributed by atoms with Crippen LogP contribution in [0.5, 0.6) is 0 Å². The summed E-state index contributed by atoms with van der Waals surface area (Å²) < 4.78 is 11.8. The van der Waals surface area contributed by atoms with Crippen molar-refractivity contribution in [2.75, 3.05) is 19.8 Å². The molecule has 0 aliphatic rings. The Morgan fingerprint density at radius 3 is 2.43 bits per heavy atom. The van der Waals surface area contributed by atoms with E-state index in [0.29, 0.717) is 0 Å². The van der Waals surface area contributed by atoms with E-state index in [9.17, 15) is 0 Å². The Hall–Kier alpha value is -0.713. The minimum absolute atomic E-state index is 0.289. The van der Waals surface area contributed by atoms with Gasteiger partial charge in [-0.25, -0.2) is 0 Å². The fourth-order valence-electron chi connectivity index (χ4n) is 1.73. The summed E-state index contributed by atoms with van der Waals surface area (Å²) >= 11 is 0. The molecule has 1 aromatic heterocycles. The van der Waals surface area contributed by atoms with Crippen molar-refractivity contribution < 1.29 is 9.16 Å². The van der Waals surface area contributed by atoms with Crippen LogP contribution in [0.25, 0.3) is 0 Å². The lowest BCUT2D eigenvalue weighted by molar-refractivity contribution is 0.115. The Kier molecular flexibility index (Phi) is 7.56. The molecular formula is C17H31NO2Si. The first-order valence-corrected chi connectivity index (χ1v) is 10.8. The Morgan fingerprint density at radius 2 is 1.81 bits per heavy atom. The van der Waals surface area contributed by atoms with Crippen LogP contribution >= 0.6 is 0 Å². The molecule has 1 rings (SSSR count). The van der Waals surface area contributed by atoms with Gasteiger partial charge in [0.25, 0.3) is 0 Å². The van der Waals surface area contributed by atoms with Gasteiger partial charge >= 0.3 is 0 Å². The van der Waals surface area contributed by atoms with Gasteiger partial charge in [0.1, 0.15) is 0 Å². The van der Waals surface area contributed by atoms with E-state index in [4.69, 9.17) is 9.16 Å². The lowest BCUT2D eigenvalue weighted by Gasteiger charge is -2.36. The highest BCUT2D eigenvalue weighted by molar-refractivity contribution is 6.74. The largest absolute Gasteiger partial charge is 0.417 e. The number of hydrogen-bond donors (Lipinski definition) is 0. The second kappa shape index (κ2) is 8.66. The van der Waals surface area contributed by atoms with Crippen LogP contribution in [0.2, 0.25) is 18.1 Å². The quantitative estimate of drug-likeness (QED) is 0.499. The molecule has 0 amide bonds. The zero-order chi connectivity index (χ0) is 15.8. The van der Waals surface area contributed by atoms with Gasteiger partial charge in [-0.1, -0.05) is 26.8 Å². The summed E-state index contributed by atoms with van der Waals surface area (Å²) in [6.45, 7) is 13.8. The van der Waals surface area contributed by atoms with E-state index in [-0.39, 0.29) is 5.04 Å². The lowest BCUT2D eigenvalue weighted by Crippen LogP contribution is -2.41. The van der Waals surface area contributed by atoms with E-state index >= 15 is 0 Å². The molecule has 1 heterocycles. The predicted octanol–water partition coefficient (Wildman–Crippen LogP) is 4.44. The van der Waals surface area contributed by atoms with Crippen molar-refractivity contribution in [2.45, 2.75) is 58.2 Å². The summed E-state index contributed by atoms with van der Waals surface area (Å²) in [6, 6.07) is 4.09. The standard InChI is InChI=1S/C17H31NO2Si/c1-17(2,3)21(4,5)20-14-8-13-19-12-7-10-16-9-6-11-18-15-16/h6,9,11,15H,7-8,10,12-14H2,1-5H3. The van der Waals surface area contributed by atoms with Crippen molar-refractivity contribution in [1.29, 1.82) is 0 Å². The second-order valence-electron chi connectivity index (χ2n) is 7.04. The maximum Gasteiger partial charge on any atom is 0.191 e. The number of ether oxygens (including phenoxy) is 1. The number of rotatable bonds is 9. The van der Waals surface area contributed by atoms with Gasteiger partial charge in [-0.3, -0.25) is 4.98 Å². The van der Waals surface area contributed by atoms with E-state index in [2.05, 4.69) is 44.9 Å². The summed E-state index contributed by atoms with van der Waals surface area (Å²) in [7, 11) is -1.59. The minimum atomic E-state index is -1.59. The van der Waals surface area contributed by atoms with Gasteiger partial charge < -0.3 is 9.16 Å². The fourth-order valence-corrected chi connectivity index (χ4v) is 2.82. The fraction of sp³-hybridized carbons (Fsp3) is 0.706. The van der Waals surface area contributed by atoms with Crippen LogP contribution in [-0.2, 0) is 15.6 Å². The van der Waals surface area contributed by atoms with Crippen LogP contribution < -0.4 is 0 Å². The normalized spacial score (nSPS) is 12.6. The van der Waals surface area contributed by atoms with E-state index in [1.807, 2.05) is 18.5 Å². The zero-order valence-electron chi connectivity index (χ0n) is 14.3. The molecule has 0 saturated heterocycles. The average Bonchev–Trinajstić information content (AvgIpc) is 2.41. The average molecular weight is 310 g/mol. The molecule has 0 fully saturated rings. The Morgan fingerprint density at radius 1 is 1.10 bits per heavy atom. The molecule has 21 heavy (non-hydrogen) atoms. The minimum Gasteiger partial charge on any atom is -0.417 e. The molecule has 0 bridgehead atoms. The molecule has 3 nitrogen and oxygen atoms in total.